The normalized spacial score (nSPS) is 23.7. The molecule has 0 aliphatic carbocycles. The van der Waals surface area contributed by atoms with Crippen molar-refractivity contribution in [2.75, 3.05) is 60.9 Å². The van der Waals surface area contributed by atoms with E-state index in [1.54, 1.807) is 34.6 Å². The monoisotopic (exact) mass is 933 g/mol. The maximum atomic E-state index is 13.6. The molecular weight excluding hydrogens is 875 g/mol. The van der Waals surface area contributed by atoms with Crippen LogP contribution in [0.2, 0.25) is 0 Å². The number of aliphatic hydroxyl groups is 1. The third-order valence-electron chi connectivity index (χ3n) is 15.9. The Morgan fingerprint density at radius 3 is 2.28 bits per heavy atom. The number of aromatic nitrogens is 5. The van der Waals surface area contributed by atoms with E-state index >= 15 is 0 Å². The zero-order valence-electron chi connectivity index (χ0n) is 39.1. The van der Waals surface area contributed by atoms with Crippen LogP contribution in [0.25, 0.3) is 16.9 Å². The average Bonchev–Trinajstić information content (AvgIpc) is 3.77. The molecule has 1 unspecified atom stereocenters. The zero-order chi connectivity index (χ0) is 47.4. The number of hydrogen-bond donors (Lipinski definition) is 3. The highest BCUT2D eigenvalue weighted by atomic mass is 16.3. The van der Waals surface area contributed by atoms with E-state index in [4.69, 9.17) is 9.97 Å². The summed E-state index contributed by atoms with van der Waals surface area (Å²) in [5, 5.41) is 17.2. The van der Waals surface area contributed by atoms with Crippen molar-refractivity contribution >= 4 is 57.7 Å². The number of anilines is 4. The molecule has 2 bridgehead atoms. The number of carbonyl (C=O) groups is 4. The van der Waals surface area contributed by atoms with E-state index in [1.807, 2.05) is 36.4 Å². The summed E-state index contributed by atoms with van der Waals surface area (Å²) in [4.78, 5) is 87.0. The predicted molar refractivity (Wildman–Crippen MR) is 261 cm³/mol. The summed E-state index contributed by atoms with van der Waals surface area (Å²) < 4.78 is 3.33. The molecule has 4 fully saturated rings. The van der Waals surface area contributed by atoms with Gasteiger partial charge in [-0.15, -0.1) is 0 Å². The molecular formula is C52H59N11O6. The summed E-state index contributed by atoms with van der Waals surface area (Å²) in [6.07, 6.45) is 15.1. The Morgan fingerprint density at radius 1 is 0.783 bits per heavy atom. The van der Waals surface area contributed by atoms with Gasteiger partial charge in [0.1, 0.15) is 17.0 Å². The second-order valence-corrected chi connectivity index (χ2v) is 20.2. The van der Waals surface area contributed by atoms with Crippen LogP contribution in [0.15, 0.2) is 83.8 Å². The van der Waals surface area contributed by atoms with Crippen LogP contribution < -0.4 is 26.0 Å². The van der Waals surface area contributed by atoms with E-state index in [1.165, 1.54) is 37.8 Å². The van der Waals surface area contributed by atoms with Gasteiger partial charge in [0.2, 0.25) is 17.8 Å². The molecule has 0 saturated carbocycles. The lowest BCUT2D eigenvalue weighted by molar-refractivity contribution is -0.136. The summed E-state index contributed by atoms with van der Waals surface area (Å²) in [7, 11) is 0. The number of imide groups is 2. The van der Waals surface area contributed by atoms with E-state index in [0.717, 1.165) is 74.9 Å². The topological polar surface area (TPSA) is 191 Å². The van der Waals surface area contributed by atoms with E-state index in [0.29, 0.717) is 70.3 Å². The molecule has 17 heteroatoms. The molecule has 69 heavy (non-hydrogen) atoms. The van der Waals surface area contributed by atoms with E-state index in [9.17, 15) is 29.1 Å². The molecule has 6 aliphatic rings. The van der Waals surface area contributed by atoms with Gasteiger partial charge in [0.15, 0.2) is 11.5 Å². The molecule has 4 saturated heterocycles. The van der Waals surface area contributed by atoms with Crippen LogP contribution in [0.3, 0.4) is 0 Å². The summed E-state index contributed by atoms with van der Waals surface area (Å²) in [6.45, 7) is 9.37. The van der Waals surface area contributed by atoms with Gasteiger partial charge >= 0.3 is 0 Å². The Balaban J connectivity index is 0.647. The smallest absolute Gasteiger partial charge is 0.278 e. The Hall–Kier alpha value is -6.72. The highest BCUT2D eigenvalue weighted by molar-refractivity contribution is 6.23. The largest absolute Gasteiger partial charge is 0.384 e. The second kappa shape index (κ2) is 18.0. The minimum absolute atomic E-state index is 0.101. The SMILES string of the molecule is C[C@@]1(O)CC/C=C\Cn2c(=O)c3cnc(Nc4ccc(N5CCC6(CCN(CCC7CCN(c8ccc9c(c8)C(=O)N(C8CCC(=O)NC8=O)C9=O)CC7)CC6)CC5)cc4)nc3n2-c2cccc1n2. The minimum atomic E-state index is -1.12. The number of fused-ring (bicyclic) bond motifs is 7. The number of benzene rings is 2. The maximum absolute atomic E-state index is 13.6. The number of piperidine rings is 4. The standard InChI is InChI=1S/C52H59N11O6/c1-51(69)19-3-2-4-24-61-47(66)40-33-53-50(57-45(40)63(61)43-7-5-6-42(51)55-43)54-35-8-10-36(11-9-35)60-30-22-52(23-31-60)20-28-58(29-21-52)25-16-34-17-26-59(27-18-34)37-12-13-38-39(32-37)49(68)62(48(38)67)41-14-15-44(64)56-46(41)65/h2,4-13,32-34,41,69H,3,14-31H2,1H3,(H,53,54,57)(H,56,64,65)/b4-2-/t41?,51-/m1/s1. The molecule has 9 heterocycles. The number of nitrogens with zero attached hydrogens (tertiary/aromatic N) is 9. The lowest BCUT2D eigenvalue weighted by Gasteiger charge is -2.47. The van der Waals surface area contributed by atoms with Crippen molar-refractivity contribution in [2.24, 2.45) is 11.3 Å². The van der Waals surface area contributed by atoms with Gasteiger partial charge in [-0.25, -0.2) is 19.3 Å². The first-order valence-corrected chi connectivity index (χ1v) is 24.7. The Labute approximate surface area is 400 Å². The third-order valence-corrected chi connectivity index (χ3v) is 15.9. The number of carbonyl (C=O) groups excluding carboxylic acids is 4. The van der Waals surface area contributed by atoms with Crippen LogP contribution in [0, 0.1) is 11.3 Å². The first kappa shape index (κ1) is 44.8. The highest BCUT2D eigenvalue weighted by Gasteiger charge is 2.45. The van der Waals surface area contributed by atoms with Crippen molar-refractivity contribution in [1.29, 1.82) is 0 Å². The number of nitrogens with one attached hydrogen (secondary N) is 2. The Morgan fingerprint density at radius 2 is 1.51 bits per heavy atom. The molecule has 5 aromatic rings. The van der Waals surface area contributed by atoms with Crippen LogP contribution in [0.5, 0.6) is 0 Å². The van der Waals surface area contributed by atoms with Gasteiger partial charge in [0.05, 0.1) is 23.4 Å². The second-order valence-electron chi connectivity index (χ2n) is 20.2. The molecule has 11 rings (SSSR count). The van der Waals surface area contributed by atoms with Crippen molar-refractivity contribution < 1.29 is 24.3 Å². The Kier molecular flexibility index (Phi) is 11.7. The van der Waals surface area contributed by atoms with Crippen molar-refractivity contribution in [2.45, 2.75) is 95.7 Å². The van der Waals surface area contributed by atoms with Gasteiger partial charge in [0.25, 0.3) is 17.4 Å². The summed E-state index contributed by atoms with van der Waals surface area (Å²) in [5.74, 6) is -0.394. The molecule has 2 aromatic carbocycles. The lowest BCUT2D eigenvalue weighted by Crippen LogP contribution is -2.54. The fourth-order valence-corrected chi connectivity index (χ4v) is 11.5. The first-order chi connectivity index (χ1) is 33.4. The molecule has 358 valence electrons. The predicted octanol–water partition coefficient (Wildman–Crippen LogP) is 5.67. The molecule has 2 atom stereocenters. The van der Waals surface area contributed by atoms with Crippen LogP contribution >= 0.6 is 0 Å². The van der Waals surface area contributed by atoms with Crippen molar-refractivity contribution in [3.05, 3.63) is 106 Å². The maximum Gasteiger partial charge on any atom is 0.278 e. The van der Waals surface area contributed by atoms with Crippen molar-refractivity contribution in [1.82, 2.24) is 39.4 Å². The lowest BCUT2D eigenvalue weighted by atomic mass is 9.71. The van der Waals surface area contributed by atoms with Crippen LogP contribution in [-0.2, 0) is 21.7 Å². The number of likely N-dealkylation sites (tertiary alicyclic amines) is 1. The van der Waals surface area contributed by atoms with Gasteiger partial charge in [-0.2, -0.15) is 4.98 Å². The van der Waals surface area contributed by atoms with E-state index in [-0.39, 0.29) is 24.3 Å². The van der Waals surface area contributed by atoms with Gasteiger partial charge in [0, 0.05) is 55.9 Å². The molecule has 17 nitrogen and oxygen atoms in total. The summed E-state index contributed by atoms with van der Waals surface area (Å²) >= 11 is 0. The molecule has 0 radical (unpaired) electrons. The first-order valence-electron chi connectivity index (χ1n) is 24.7. The molecule has 3 aromatic heterocycles. The fraction of sp³-hybridized carbons (Fsp3) is 0.462. The van der Waals surface area contributed by atoms with E-state index < -0.39 is 29.4 Å². The fourth-order valence-electron chi connectivity index (χ4n) is 11.5. The third kappa shape index (κ3) is 8.60. The van der Waals surface area contributed by atoms with Crippen molar-refractivity contribution in [3.8, 4) is 5.82 Å². The quantitative estimate of drug-likeness (QED) is 0.128. The number of amides is 4. The van der Waals surface area contributed by atoms with Crippen molar-refractivity contribution in [3.63, 3.8) is 0 Å². The van der Waals surface area contributed by atoms with Gasteiger partial charge in [-0.3, -0.25) is 34.2 Å². The highest BCUT2D eigenvalue weighted by Crippen LogP contribution is 2.43. The van der Waals surface area contributed by atoms with E-state index in [2.05, 4.69) is 54.6 Å². The zero-order valence-corrected chi connectivity index (χ0v) is 39.1. The average molecular weight is 934 g/mol. The van der Waals surface area contributed by atoms with Gasteiger partial charge in [-0.1, -0.05) is 18.2 Å². The molecule has 4 amide bonds. The number of rotatable bonds is 8. The number of allylic oxidation sites excluding steroid dienone is 2. The van der Waals surface area contributed by atoms with Crippen LogP contribution in [0.4, 0.5) is 23.0 Å². The Bertz CT molecular complexity index is 2920. The number of hydrogen-bond acceptors (Lipinski definition) is 13. The van der Waals surface area contributed by atoms with Crippen LogP contribution in [-0.4, -0.2) is 115 Å². The summed E-state index contributed by atoms with van der Waals surface area (Å²) in [6, 6.07) is 18.4. The van der Waals surface area contributed by atoms with Gasteiger partial charge < -0.3 is 25.1 Å². The molecule has 3 N–H and O–H groups in total. The summed E-state index contributed by atoms with van der Waals surface area (Å²) in [5.41, 5.74) is 3.67. The van der Waals surface area contributed by atoms with Gasteiger partial charge in [-0.05, 0) is 157 Å². The molecule has 1 spiro atoms. The number of pyridine rings is 1. The van der Waals surface area contributed by atoms with Crippen LogP contribution in [0.1, 0.15) is 104 Å². The molecule has 6 aliphatic heterocycles. The minimum Gasteiger partial charge on any atom is -0.384 e.